The molecule has 0 saturated carbocycles. The molecule has 1 rings (SSSR count). The van der Waals surface area contributed by atoms with Gasteiger partial charge >= 0.3 is 6.18 Å². The lowest BCUT2D eigenvalue weighted by molar-refractivity contribution is -0.384. The first-order chi connectivity index (χ1) is 8.75. The van der Waals surface area contributed by atoms with Crippen LogP contribution >= 0.6 is 0 Å². The molecule has 1 aromatic rings. The summed E-state index contributed by atoms with van der Waals surface area (Å²) in [6.07, 6.45) is -6.31. The zero-order valence-electron chi connectivity index (χ0n) is 10.3. The van der Waals surface area contributed by atoms with Crippen LogP contribution in [0, 0.1) is 10.1 Å². The number of nitro benzene ring substituents is 1. The van der Waals surface area contributed by atoms with Gasteiger partial charge in [0.1, 0.15) is 5.69 Å². The number of benzene rings is 1. The second-order valence-electron chi connectivity index (χ2n) is 3.85. The molecule has 19 heavy (non-hydrogen) atoms. The number of nitrogens with one attached hydrogen (secondary N) is 1. The molecule has 0 radical (unpaired) electrons. The third-order valence-corrected chi connectivity index (χ3v) is 2.49. The smallest absolute Gasteiger partial charge is 0.383 e. The quantitative estimate of drug-likeness (QED) is 0.664. The Hall–Kier alpha value is -1.83. The van der Waals surface area contributed by atoms with Gasteiger partial charge in [0.05, 0.1) is 11.5 Å². The second-order valence-corrected chi connectivity index (χ2v) is 3.85. The molecule has 8 heteroatoms. The molecule has 1 unspecified atom stereocenters. The number of halogens is 3. The monoisotopic (exact) mass is 278 g/mol. The largest absolute Gasteiger partial charge is 0.414 e. The molecule has 0 fully saturated rings. The summed E-state index contributed by atoms with van der Waals surface area (Å²) in [5, 5.41) is 13.3. The Balaban J connectivity index is 2.78. The van der Waals surface area contributed by atoms with Crippen LogP contribution in [0.25, 0.3) is 0 Å². The molecule has 0 aliphatic heterocycles. The first kappa shape index (κ1) is 15.2. The third-order valence-electron chi connectivity index (χ3n) is 2.49. The normalized spacial score (nSPS) is 13.1. The van der Waals surface area contributed by atoms with E-state index < -0.39 is 17.2 Å². The van der Waals surface area contributed by atoms with Crippen LogP contribution in [0.5, 0.6) is 0 Å². The van der Waals surface area contributed by atoms with E-state index in [0.29, 0.717) is 5.56 Å². The maximum absolute atomic E-state index is 12.2. The number of anilines is 1. The van der Waals surface area contributed by atoms with Gasteiger partial charge in [0.25, 0.3) is 5.69 Å². The van der Waals surface area contributed by atoms with Crippen molar-refractivity contribution in [3.05, 3.63) is 33.9 Å². The fraction of sp³-hybridized carbons (Fsp3) is 0.455. The Bertz CT molecular complexity index is 463. The van der Waals surface area contributed by atoms with Crippen LogP contribution in [0.2, 0.25) is 0 Å². The Morgan fingerprint density at radius 1 is 1.47 bits per heavy atom. The second kappa shape index (κ2) is 5.87. The summed E-state index contributed by atoms with van der Waals surface area (Å²) in [6.45, 7) is 0.637. The average Bonchev–Trinajstić information content (AvgIpc) is 2.33. The van der Waals surface area contributed by atoms with Crippen molar-refractivity contribution in [2.24, 2.45) is 0 Å². The van der Waals surface area contributed by atoms with E-state index in [1.165, 1.54) is 25.2 Å². The van der Waals surface area contributed by atoms with Crippen molar-refractivity contribution in [3.63, 3.8) is 0 Å². The summed E-state index contributed by atoms with van der Waals surface area (Å²) in [4.78, 5) is 10.1. The number of nitrogens with zero attached hydrogens (tertiary/aromatic N) is 1. The van der Waals surface area contributed by atoms with Crippen molar-refractivity contribution in [3.8, 4) is 0 Å². The van der Waals surface area contributed by atoms with Gasteiger partial charge in [-0.1, -0.05) is 0 Å². The summed E-state index contributed by atoms with van der Waals surface area (Å²) in [6, 6.07) is 3.98. The molecule has 1 aromatic carbocycles. The molecule has 5 nitrogen and oxygen atoms in total. The van der Waals surface area contributed by atoms with Crippen LogP contribution < -0.4 is 5.32 Å². The number of hydrogen-bond acceptors (Lipinski definition) is 4. The molecule has 1 atom stereocenters. The SMILES string of the molecule is CNc1cc(COC(C)C(F)(F)F)ccc1[N+](=O)[O-]. The number of rotatable bonds is 5. The van der Waals surface area contributed by atoms with Gasteiger partial charge in [-0.3, -0.25) is 10.1 Å². The van der Waals surface area contributed by atoms with E-state index in [1.54, 1.807) is 0 Å². The highest BCUT2D eigenvalue weighted by molar-refractivity contribution is 5.62. The fourth-order valence-corrected chi connectivity index (χ4v) is 1.35. The summed E-state index contributed by atoms with van der Waals surface area (Å²) in [5.74, 6) is 0. The summed E-state index contributed by atoms with van der Waals surface area (Å²) >= 11 is 0. The van der Waals surface area contributed by atoms with Gasteiger partial charge in [0.15, 0.2) is 6.10 Å². The van der Waals surface area contributed by atoms with Crippen LogP contribution in [0.1, 0.15) is 12.5 Å². The molecule has 0 saturated heterocycles. The molecule has 0 bridgehead atoms. The zero-order chi connectivity index (χ0) is 14.6. The molecular weight excluding hydrogens is 265 g/mol. The minimum Gasteiger partial charge on any atom is -0.383 e. The molecule has 0 aromatic heterocycles. The standard InChI is InChI=1S/C11H13F3N2O3/c1-7(11(12,13)14)19-6-8-3-4-10(16(17)18)9(5-8)15-2/h3-5,7,15H,6H2,1-2H3. The fourth-order valence-electron chi connectivity index (χ4n) is 1.35. The van der Waals surface area contributed by atoms with Crippen LogP contribution in [0.15, 0.2) is 18.2 Å². The number of nitro groups is 1. The van der Waals surface area contributed by atoms with Crippen molar-refractivity contribution >= 4 is 11.4 Å². The third kappa shape index (κ3) is 4.09. The molecule has 0 spiro atoms. The molecule has 0 aliphatic rings. The van der Waals surface area contributed by atoms with Crippen LogP contribution in [-0.2, 0) is 11.3 Å². The van der Waals surface area contributed by atoms with Gasteiger partial charge < -0.3 is 10.1 Å². The van der Waals surface area contributed by atoms with Crippen molar-refractivity contribution in [1.82, 2.24) is 0 Å². The maximum Gasteiger partial charge on any atom is 0.414 e. The predicted molar refractivity (Wildman–Crippen MR) is 62.9 cm³/mol. The topological polar surface area (TPSA) is 64.4 Å². The first-order valence-electron chi connectivity index (χ1n) is 5.39. The zero-order valence-corrected chi connectivity index (χ0v) is 10.3. The highest BCUT2D eigenvalue weighted by atomic mass is 19.4. The molecule has 0 heterocycles. The van der Waals surface area contributed by atoms with E-state index in [4.69, 9.17) is 0 Å². The molecule has 0 amide bonds. The van der Waals surface area contributed by atoms with Gasteiger partial charge in [-0.15, -0.1) is 0 Å². The molecule has 106 valence electrons. The Morgan fingerprint density at radius 2 is 2.11 bits per heavy atom. The minimum absolute atomic E-state index is 0.143. The summed E-state index contributed by atoms with van der Waals surface area (Å²) in [5.41, 5.74) is 0.506. The number of ether oxygens (including phenoxy) is 1. The predicted octanol–water partition coefficient (Wildman–Crippen LogP) is 3.10. The van der Waals surface area contributed by atoms with Crippen LogP contribution in [-0.4, -0.2) is 24.3 Å². The van der Waals surface area contributed by atoms with Crippen LogP contribution in [0.4, 0.5) is 24.5 Å². The van der Waals surface area contributed by atoms with Gasteiger partial charge in [-0.05, 0) is 24.6 Å². The van der Waals surface area contributed by atoms with E-state index in [2.05, 4.69) is 10.1 Å². The van der Waals surface area contributed by atoms with Gasteiger partial charge in [0.2, 0.25) is 0 Å². The lowest BCUT2D eigenvalue weighted by Crippen LogP contribution is -2.28. The van der Waals surface area contributed by atoms with Crippen molar-refractivity contribution in [1.29, 1.82) is 0 Å². The van der Waals surface area contributed by atoms with E-state index in [-0.39, 0.29) is 18.0 Å². The summed E-state index contributed by atoms with van der Waals surface area (Å²) < 4.78 is 41.4. The van der Waals surface area contributed by atoms with E-state index in [9.17, 15) is 23.3 Å². The van der Waals surface area contributed by atoms with Gasteiger partial charge in [-0.25, -0.2) is 0 Å². The van der Waals surface area contributed by atoms with Gasteiger partial charge in [-0.2, -0.15) is 13.2 Å². The lowest BCUT2D eigenvalue weighted by atomic mass is 10.2. The first-order valence-corrected chi connectivity index (χ1v) is 5.39. The van der Waals surface area contributed by atoms with Crippen molar-refractivity contribution in [2.75, 3.05) is 12.4 Å². The van der Waals surface area contributed by atoms with Gasteiger partial charge in [0, 0.05) is 13.1 Å². The van der Waals surface area contributed by atoms with E-state index in [0.717, 1.165) is 6.92 Å². The maximum atomic E-state index is 12.2. The highest BCUT2D eigenvalue weighted by Gasteiger charge is 2.36. The average molecular weight is 278 g/mol. The molecule has 1 N–H and O–H groups in total. The number of hydrogen-bond donors (Lipinski definition) is 1. The number of alkyl halides is 3. The van der Waals surface area contributed by atoms with Crippen LogP contribution in [0.3, 0.4) is 0 Å². The Labute approximate surface area is 107 Å². The Morgan fingerprint density at radius 3 is 2.58 bits per heavy atom. The highest BCUT2D eigenvalue weighted by Crippen LogP contribution is 2.27. The molecule has 0 aliphatic carbocycles. The Kier molecular flexibility index (Phi) is 4.71. The van der Waals surface area contributed by atoms with E-state index >= 15 is 0 Å². The lowest BCUT2D eigenvalue weighted by Gasteiger charge is -2.16. The minimum atomic E-state index is -4.42. The van der Waals surface area contributed by atoms with Crippen molar-refractivity contribution in [2.45, 2.75) is 25.8 Å². The van der Waals surface area contributed by atoms with Crippen molar-refractivity contribution < 1.29 is 22.8 Å². The van der Waals surface area contributed by atoms with E-state index in [1.807, 2.05) is 0 Å². The molecular formula is C11H13F3N2O3. The summed E-state index contributed by atoms with van der Waals surface area (Å²) in [7, 11) is 1.49.